The molecule has 20 heavy (non-hydrogen) atoms. The van der Waals surface area contributed by atoms with Crippen molar-refractivity contribution in [3.63, 3.8) is 0 Å². The maximum atomic E-state index is 6.13. The molecule has 110 valence electrons. The maximum Gasteiger partial charge on any atom is 0.146 e. The van der Waals surface area contributed by atoms with Crippen molar-refractivity contribution in [2.24, 2.45) is 0 Å². The van der Waals surface area contributed by atoms with E-state index in [-0.39, 0.29) is 0 Å². The van der Waals surface area contributed by atoms with Crippen molar-refractivity contribution in [2.75, 3.05) is 12.3 Å². The molecular weight excluding hydrogens is 268 g/mol. The van der Waals surface area contributed by atoms with Gasteiger partial charge in [0.2, 0.25) is 0 Å². The number of hydrogen-bond acceptors (Lipinski definition) is 5. The molecular formula is C15H24N4S. The topological polar surface area (TPSA) is 55.0 Å². The molecule has 2 heterocycles. The van der Waals surface area contributed by atoms with Crippen molar-refractivity contribution in [2.45, 2.75) is 53.6 Å². The van der Waals surface area contributed by atoms with Gasteiger partial charge in [-0.15, -0.1) is 11.3 Å². The van der Waals surface area contributed by atoms with Crippen molar-refractivity contribution < 1.29 is 0 Å². The smallest absolute Gasteiger partial charge is 0.146 e. The number of thiophene rings is 1. The van der Waals surface area contributed by atoms with Gasteiger partial charge in [-0.2, -0.15) is 0 Å². The van der Waals surface area contributed by atoms with Crippen LogP contribution in [0.5, 0.6) is 0 Å². The lowest BCUT2D eigenvalue weighted by Crippen LogP contribution is -2.31. The molecule has 2 rings (SSSR count). The minimum absolute atomic E-state index is 0.488. The zero-order chi connectivity index (χ0) is 14.9. The van der Waals surface area contributed by atoms with Crippen LogP contribution in [0.15, 0.2) is 0 Å². The summed E-state index contributed by atoms with van der Waals surface area (Å²) in [5.41, 5.74) is 7.35. The van der Waals surface area contributed by atoms with Crippen molar-refractivity contribution in [3.8, 4) is 0 Å². The Morgan fingerprint density at radius 3 is 2.55 bits per heavy atom. The number of hydrogen-bond donors (Lipinski definition) is 1. The fourth-order valence-electron chi connectivity index (χ4n) is 2.39. The number of nitrogens with two attached hydrogens (primary N) is 1. The van der Waals surface area contributed by atoms with Crippen LogP contribution >= 0.6 is 11.3 Å². The third-order valence-electron chi connectivity index (χ3n) is 3.69. The lowest BCUT2D eigenvalue weighted by atomic mass is 10.2. The van der Waals surface area contributed by atoms with E-state index in [1.165, 1.54) is 10.4 Å². The number of aromatic nitrogens is 2. The van der Waals surface area contributed by atoms with Crippen LogP contribution in [0, 0.1) is 13.8 Å². The average molecular weight is 292 g/mol. The highest BCUT2D eigenvalue weighted by atomic mass is 32.1. The summed E-state index contributed by atoms with van der Waals surface area (Å²) >= 11 is 1.71. The zero-order valence-corrected chi connectivity index (χ0v) is 13.8. The Balaban J connectivity index is 2.36. The van der Waals surface area contributed by atoms with Crippen LogP contribution in [-0.4, -0.2) is 27.5 Å². The van der Waals surface area contributed by atoms with Gasteiger partial charge in [0.05, 0.1) is 11.9 Å². The Labute approximate surface area is 125 Å². The first kappa shape index (κ1) is 15.2. The maximum absolute atomic E-state index is 6.13. The number of anilines is 1. The molecule has 0 aliphatic heterocycles. The summed E-state index contributed by atoms with van der Waals surface area (Å²) in [6.45, 7) is 12.6. The number of rotatable bonds is 5. The van der Waals surface area contributed by atoms with Crippen LogP contribution in [-0.2, 0) is 6.54 Å². The largest absolute Gasteiger partial charge is 0.383 e. The van der Waals surface area contributed by atoms with Crippen LogP contribution in [0.2, 0.25) is 0 Å². The second-order valence-electron chi connectivity index (χ2n) is 5.55. The van der Waals surface area contributed by atoms with E-state index in [4.69, 9.17) is 10.7 Å². The van der Waals surface area contributed by atoms with E-state index in [2.05, 4.69) is 44.5 Å². The lowest BCUT2D eigenvalue weighted by Gasteiger charge is -2.25. The second-order valence-corrected chi connectivity index (χ2v) is 6.76. The first-order chi connectivity index (χ1) is 9.43. The van der Waals surface area contributed by atoms with Gasteiger partial charge in [0, 0.05) is 10.9 Å². The van der Waals surface area contributed by atoms with Crippen molar-refractivity contribution in [1.29, 1.82) is 0 Å². The summed E-state index contributed by atoms with van der Waals surface area (Å²) in [6, 6.07) is 0.488. The first-order valence-electron chi connectivity index (χ1n) is 7.20. The standard InChI is InChI=1S/C15H24N4S/c1-6-7-19(9(2)3)8-12-17-14(16)13-10(4)11(5)20-15(13)18-12/h9H,6-8H2,1-5H3,(H2,16,17,18). The molecule has 0 saturated carbocycles. The molecule has 0 spiro atoms. The van der Waals surface area contributed by atoms with Gasteiger partial charge in [-0.1, -0.05) is 6.92 Å². The van der Waals surface area contributed by atoms with E-state index in [0.29, 0.717) is 11.9 Å². The average Bonchev–Trinajstić information content (AvgIpc) is 2.64. The van der Waals surface area contributed by atoms with Gasteiger partial charge in [-0.05, 0) is 46.2 Å². The van der Waals surface area contributed by atoms with E-state index in [9.17, 15) is 0 Å². The second kappa shape index (κ2) is 6.06. The van der Waals surface area contributed by atoms with E-state index < -0.39 is 0 Å². The van der Waals surface area contributed by atoms with Gasteiger partial charge in [0.15, 0.2) is 0 Å². The molecule has 0 atom stereocenters. The Morgan fingerprint density at radius 2 is 1.95 bits per heavy atom. The van der Waals surface area contributed by atoms with E-state index >= 15 is 0 Å². The van der Waals surface area contributed by atoms with Crippen LogP contribution in [0.1, 0.15) is 43.5 Å². The number of fused-ring (bicyclic) bond motifs is 1. The summed E-state index contributed by atoms with van der Waals surface area (Å²) in [5.74, 6) is 1.45. The van der Waals surface area contributed by atoms with Crippen LogP contribution in [0.3, 0.4) is 0 Å². The molecule has 2 N–H and O–H groups in total. The molecule has 0 radical (unpaired) electrons. The molecule has 0 aromatic carbocycles. The van der Waals surface area contributed by atoms with E-state index in [1.54, 1.807) is 11.3 Å². The molecule has 0 saturated heterocycles. The fourth-order valence-corrected chi connectivity index (χ4v) is 3.44. The van der Waals surface area contributed by atoms with Gasteiger partial charge in [0.1, 0.15) is 16.5 Å². The van der Waals surface area contributed by atoms with Crippen molar-refractivity contribution in [1.82, 2.24) is 14.9 Å². The van der Waals surface area contributed by atoms with Crippen LogP contribution in [0.25, 0.3) is 10.2 Å². The lowest BCUT2D eigenvalue weighted by molar-refractivity contribution is 0.208. The molecule has 2 aromatic heterocycles. The van der Waals surface area contributed by atoms with Crippen LogP contribution in [0.4, 0.5) is 5.82 Å². The third kappa shape index (κ3) is 2.94. The summed E-state index contributed by atoms with van der Waals surface area (Å²) in [4.78, 5) is 13.9. The van der Waals surface area contributed by atoms with Crippen molar-refractivity contribution in [3.05, 3.63) is 16.3 Å². The van der Waals surface area contributed by atoms with E-state index in [0.717, 1.165) is 35.6 Å². The van der Waals surface area contributed by atoms with Gasteiger partial charge in [-0.3, -0.25) is 4.90 Å². The Morgan fingerprint density at radius 1 is 1.25 bits per heavy atom. The Bertz CT molecular complexity index is 603. The van der Waals surface area contributed by atoms with Crippen LogP contribution < -0.4 is 5.73 Å². The van der Waals surface area contributed by atoms with E-state index in [1.807, 2.05) is 0 Å². The molecule has 0 unspecified atom stereocenters. The van der Waals surface area contributed by atoms with Gasteiger partial charge in [-0.25, -0.2) is 9.97 Å². The summed E-state index contributed by atoms with van der Waals surface area (Å²) < 4.78 is 0. The molecule has 4 nitrogen and oxygen atoms in total. The summed E-state index contributed by atoms with van der Waals surface area (Å²) in [6.07, 6.45) is 1.13. The number of aryl methyl sites for hydroxylation is 2. The molecule has 0 amide bonds. The molecule has 0 aliphatic carbocycles. The third-order valence-corrected chi connectivity index (χ3v) is 4.79. The van der Waals surface area contributed by atoms with Gasteiger partial charge >= 0.3 is 0 Å². The van der Waals surface area contributed by atoms with Gasteiger partial charge in [0.25, 0.3) is 0 Å². The normalized spacial score (nSPS) is 11.9. The summed E-state index contributed by atoms with van der Waals surface area (Å²) in [7, 11) is 0. The minimum atomic E-state index is 0.488. The van der Waals surface area contributed by atoms with Crippen molar-refractivity contribution >= 4 is 27.4 Å². The highest BCUT2D eigenvalue weighted by molar-refractivity contribution is 7.18. The minimum Gasteiger partial charge on any atom is -0.383 e. The number of nitrogen functional groups attached to an aromatic ring is 1. The Kier molecular flexibility index (Phi) is 4.60. The SMILES string of the molecule is CCCN(Cc1nc(N)c2c(C)c(C)sc2n1)C(C)C. The number of nitrogens with zero attached hydrogens (tertiary/aromatic N) is 3. The van der Waals surface area contributed by atoms with Gasteiger partial charge < -0.3 is 5.73 Å². The Hall–Kier alpha value is -1.20. The monoisotopic (exact) mass is 292 g/mol. The molecule has 5 heteroatoms. The molecule has 0 aliphatic rings. The molecule has 0 bridgehead atoms. The highest BCUT2D eigenvalue weighted by Crippen LogP contribution is 2.32. The molecule has 2 aromatic rings. The zero-order valence-electron chi connectivity index (χ0n) is 13.0. The molecule has 0 fully saturated rings. The predicted molar refractivity (Wildman–Crippen MR) is 87.1 cm³/mol. The fraction of sp³-hybridized carbons (Fsp3) is 0.600. The first-order valence-corrected chi connectivity index (χ1v) is 8.01. The highest BCUT2D eigenvalue weighted by Gasteiger charge is 2.15. The quantitative estimate of drug-likeness (QED) is 0.916. The predicted octanol–water partition coefficient (Wildman–Crippen LogP) is 3.51. The summed E-state index contributed by atoms with van der Waals surface area (Å²) in [5, 5.41) is 1.03.